The Morgan fingerprint density at radius 2 is 1.94 bits per heavy atom. The van der Waals surface area contributed by atoms with Crippen LogP contribution < -0.4 is 11.1 Å². The van der Waals surface area contributed by atoms with Crippen LogP contribution in [0.15, 0.2) is 30.3 Å². The number of hydrogen-bond acceptors (Lipinski definition) is 4. The zero-order valence-corrected chi connectivity index (χ0v) is 10.2. The van der Waals surface area contributed by atoms with Crippen molar-refractivity contribution in [3.63, 3.8) is 0 Å². The number of esters is 1. The molecule has 0 aliphatic heterocycles. The summed E-state index contributed by atoms with van der Waals surface area (Å²) >= 11 is 0. The molecule has 1 atom stereocenters. The minimum atomic E-state index is -0.835. The van der Waals surface area contributed by atoms with Crippen LogP contribution in [-0.2, 0) is 9.53 Å². The zero-order valence-electron chi connectivity index (χ0n) is 9.38. The number of halogens is 1. The first-order valence-corrected chi connectivity index (χ1v) is 4.82. The highest BCUT2D eigenvalue weighted by molar-refractivity contribution is 5.94. The fourth-order valence-electron chi connectivity index (χ4n) is 1.13. The quantitative estimate of drug-likeness (QED) is 0.763. The molecule has 6 heteroatoms. The highest BCUT2D eigenvalue weighted by atomic mass is 35.5. The van der Waals surface area contributed by atoms with Crippen molar-refractivity contribution in [1.29, 1.82) is 0 Å². The summed E-state index contributed by atoms with van der Waals surface area (Å²) in [6.45, 7) is 0.0560. The van der Waals surface area contributed by atoms with Crippen LogP contribution in [0.25, 0.3) is 0 Å². The highest BCUT2D eigenvalue weighted by Gasteiger charge is 2.14. The second kappa shape index (κ2) is 7.65. The Labute approximate surface area is 106 Å². The molecule has 1 unspecified atom stereocenters. The monoisotopic (exact) mass is 258 g/mol. The maximum atomic E-state index is 11.5. The molecule has 1 rings (SSSR count). The Morgan fingerprint density at radius 1 is 1.35 bits per heavy atom. The van der Waals surface area contributed by atoms with Gasteiger partial charge < -0.3 is 15.8 Å². The van der Waals surface area contributed by atoms with Crippen LogP contribution in [-0.4, -0.2) is 31.6 Å². The predicted molar refractivity (Wildman–Crippen MR) is 66.0 cm³/mol. The van der Waals surface area contributed by atoms with Gasteiger partial charge in [0.15, 0.2) is 0 Å². The Hall–Kier alpha value is -1.59. The molecule has 0 aliphatic carbocycles. The third kappa shape index (κ3) is 4.84. The number of nitrogens with one attached hydrogen (secondary N) is 1. The second-order valence-electron chi connectivity index (χ2n) is 3.21. The summed E-state index contributed by atoms with van der Waals surface area (Å²) in [5.74, 6) is -0.812. The van der Waals surface area contributed by atoms with Crippen LogP contribution in [0.4, 0.5) is 0 Å². The molecule has 0 heterocycles. The van der Waals surface area contributed by atoms with Crippen molar-refractivity contribution < 1.29 is 14.3 Å². The molecule has 3 N–H and O–H groups in total. The number of amides is 1. The van der Waals surface area contributed by atoms with E-state index in [1.165, 1.54) is 7.11 Å². The molecule has 0 fully saturated rings. The van der Waals surface area contributed by atoms with Crippen molar-refractivity contribution in [1.82, 2.24) is 5.32 Å². The van der Waals surface area contributed by atoms with Gasteiger partial charge in [-0.25, -0.2) is 0 Å². The summed E-state index contributed by atoms with van der Waals surface area (Å²) in [7, 11) is 1.25. The van der Waals surface area contributed by atoms with Gasteiger partial charge in [-0.3, -0.25) is 9.59 Å². The minimum absolute atomic E-state index is 0. The molecule has 0 spiro atoms. The average Bonchev–Trinajstić information content (AvgIpc) is 2.35. The van der Waals surface area contributed by atoms with Crippen LogP contribution in [0.2, 0.25) is 0 Å². The van der Waals surface area contributed by atoms with E-state index in [2.05, 4.69) is 10.1 Å². The van der Waals surface area contributed by atoms with E-state index in [-0.39, 0.29) is 24.9 Å². The third-order valence-corrected chi connectivity index (χ3v) is 2.02. The van der Waals surface area contributed by atoms with E-state index in [1.807, 2.05) is 6.07 Å². The minimum Gasteiger partial charge on any atom is -0.468 e. The van der Waals surface area contributed by atoms with Crippen molar-refractivity contribution in [2.75, 3.05) is 13.7 Å². The van der Waals surface area contributed by atoms with Gasteiger partial charge in [0, 0.05) is 12.1 Å². The molecule has 1 aromatic carbocycles. The first-order chi connectivity index (χ1) is 7.65. The van der Waals surface area contributed by atoms with Crippen molar-refractivity contribution in [3.05, 3.63) is 35.9 Å². The maximum Gasteiger partial charge on any atom is 0.324 e. The van der Waals surface area contributed by atoms with E-state index in [1.54, 1.807) is 24.3 Å². The number of carbonyl (C=O) groups is 2. The Kier molecular flexibility index (Phi) is 6.93. The standard InChI is InChI=1S/C11H14N2O3.ClH/c1-16-11(15)9(12)7-13-10(14)8-5-3-2-4-6-8;/h2-6,9H,7,12H2,1H3,(H,13,14);1H. The normalized spacial score (nSPS) is 10.9. The number of nitrogens with two attached hydrogens (primary N) is 1. The molecule has 0 bridgehead atoms. The molecule has 1 aromatic rings. The molecule has 0 aromatic heterocycles. The van der Waals surface area contributed by atoms with Gasteiger partial charge in [0.05, 0.1) is 7.11 Å². The van der Waals surface area contributed by atoms with E-state index >= 15 is 0 Å². The third-order valence-electron chi connectivity index (χ3n) is 2.02. The number of carbonyl (C=O) groups excluding carboxylic acids is 2. The lowest BCUT2D eigenvalue weighted by molar-refractivity contribution is -0.141. The van der Waals surface area contributed by atoms with Crippen molar-refractivity contribution in [2.24, 2.45) is 5.73 Å². The molecule has 0 aliphatic rings. The van der Waals surface area contributed by atoms with E-state index in [0.717, 1.165) is 0 Å². The molecule has 5 nitrogen and oxygen atoms in total. The predicted octanol–water partition coefficient (Wildman–Crippen LogP) is 0.339. The smallest absolute Gasteiger partial charge is 0.324 e. The molecular weight excluding hydrogens is 244 g/mol. The van der Waals surface area contributed by atoms with Crippen LogP contribution in [0.5, 0.6) is 0 Å². The summed E-state index contributed by atoms with van der Waals surface area (Å²) in [6.07, 6.45) is 0. The van der Waals surface area contributed by atoms with E-state index in [4.69, 9.17) is 5.73 Å². The second-order valence-corrected chi connectivity index (χ2v) is 3.21. The molecule has 0 radical (unpaired) electrons. The van der Waals surface area contributed by atoms with Crippen LogP contribution in [0, 0.1) is 0 Å². The molecule has 0 saturated heterocycles. The topological polar surface area (TPSA) is 81.4 Å². The van der Waals surface area contributed by atoms with Crippen molar-refractivity contribution in [3.8, 4) is 0 Å². The lowest BCUT2D eigenvalue weighted by Gasteiger charge is -2.10. The summed E-state index contributed by atoms with van der Waals surface area (Å²) in [5, 5.41) is 2.55. The van der Waals surface area contributed by atoms with Gasteiger partial charge >= 0.3 is 5.97 Å². The van der Waals surface area contributed by atoms with Gasteiger partial charge in [0.25, 0.3) is 5.91 Å². The number of ether oxygens (including phenoxy) is 1. The van der Waals surface area contributed by atoms with Crippen LogP contribution in [0.1, 0.15) is 10.4 Å². The lowest BCUT2D eigenvalue weighted by atomic mass is 10.2. The molecule has 94 valence electrons. The summed E-state index contributed by atoms with van der Waals surface area (Å²) in [4.78, 5) is 22.5. The summed E-state index contributed by atoms with van der Waals surface area (Å²) in [6, 6.07) is 7.86. The van der Waals surface area contributed by atoms with Gasteiger partial charge in [-0.2, -0.15) is 0 Å². The molecule has 1 amide bonds. The Balaban J connectivity index is 0.00000256. The average molecular weight is 259 g/mol. The number of hydrogen-bond donors (Lipinski definition) is 2. The summed E-state index contributed by atoms with van der Waals surface area (Å²) in [5.41, 5.74) is 5.99. The molecule has 17 heavy (non-hydrogen) atoms. The molecule has 0 saturated carbocycles. The van der Waals surface area contributed by atoms with Crippen molar-refractivity contribution >= 4 is 24.3 Å². The fraction of sp³-hybridized carbons (Fsp3) is 0.273. The van der Waals surface area contributed by atoms with E-state index in [9.17, 15) is 9.59 Å². The van der Waals surface area contributed by atoms with Gasteiger partial charge in [-0.15, -0.1) is 12.4 Å². The number of benzene rings is 1. The number of methoxy groups -OCH3 is 1. The van der Waals surface area contributed by atoms with Crippen LogP contribution in [0.3, 0.4) is 0 Å². The maximum absolute atomic E-state index is 11.5. The van der Waals surface area contributed by atoms with Gasteiger partial charge in [0.2, 0.25) is 0 Å². The zero-order chi connectivity index (χ0) is 12.0. The van der Waals surface area contributed by atoms with Gasteiger partial charge in [-0.1, -0.05) is 18.2 Å². The van der Waals surface area contributed by atoms with Gasteiger partial charge in [-0.05, 0) is 12.1 Å². The van der Waals surface area contributed by atoms with E-state index in [0.29, 0.717) is 5.56 Å². The number of rotatable bonds is 4. The van der Waals surface area contributed by atoms with Gasteiger partial charge in [0.1, 0.15) is 6.04 Å². The lowest BCUT2D eigenvalue weighted by Crippen LogP contribution is -2.43. The highest BCUT2D eigenvalue weighted by Crippen LogP contribution is 1.97. The Bertz CT molecular complexity index is 370. The SMILES string of the molecule is COC(=O)C(N)CNC(=O)c1ccccc1.Cl. The fourth-order valence-corrected chi connectivity index (χ4v) is 1.13. The first kappa shape index (κ1) is 15.4. The largest absolute Gasteiger partial charge is 0.468 e. The van der Waals surface area contributed by atoms with E-state index < -0.39 is 12.0 Å². The Morgan fingerprint density at radius 3 is 2.47 bits per heavy atom. The summed E-state index contributed by atoms with van der Waals surface area (Å²) < 4.78 is 4.43. The van der Waals surface area contributed by atoms with Crippen molar-refractivity contribution in [2.45, 2.75) is 6.04 Å². The molecular formula is C11H15ClN2O3. The van der Waals surface area contributed by atoms with Crippen LogP contribution >= 0.6 is 12.4 Å². The first-order valence-electron chi connectivity index (χ1n) is 4.82.